The van der Waals surface area contributed by atoms with E-state index in [1.165, 1.54) is 6.42 Å². The Morgan fingerprint density at radius 1 is 1.18 bits per heavy atom. The number of nitrogens with one attached hydrogen (secondary N) is 1. The molecule has 1 heterocycles. The molecule has 2 aromatic rings. The van der Waals surface area contributed by atoms with Crippen LogP contribution in [0.5, 0.6) is 0 Å². The zero-order valence-corrected chi connectivity index (χ0v) is 18.9. The molecule has 1 aliphatic heterocycles. The molecule has 7 heteroatoms. The number of imide groups is 1. The summed E-state index contributed by atoms with van der Waals surface area (Å²) in [4.78, 5) is 42.8. The number of benzene rings is 2. The molecule has 5 rings (SSSR count). The fraction of sp³-hybridized carbons (Fsp3) is 0.423. The zero-order valence-electron chi connectivity index (χ0n) is 18.9. The summed E-state index contributed by atoms with van der Waals surface area (Å²) in [5, 5.41) is 2.91. The number of carbonyl (C=O) groups excluding carboxylic acids is 3. The predicted molar refractivity (Wildman–Crippen MR) is 125 cm³/mol. The van der Waals surface area contributed by atoms with Crippen molar-refractivity contribution in [3.8, 4) is 0 Å². The lowest BCUT2D eigenvalue weighted by Crippen LogP contribution is -2.49. The van der Waals surface area contributed by atoms with Gasteiger partial charge >= 0.3 is 6.03 Å². The zero-order chi connectivity index (χ0) is 23.2. The summed E-state index contributed by atoms with van der Waals surface area (Å²) in [6.45, 7) is 2.24. The Morgan fingerprint density at radius 2 is 1.91 bits per heavy atom. The van der Waals surface area contributed by atoms with Crippen LogP contribution in [0.4, 0.5) is 10.5 Å². The normalized spacial score (nSPS) is 22.8. The van der Waals surface area contributed by atoms with Crippen LogP contribution in [0.2, 0.25) is 0 Å². The molecule has 3 aliphatic rings. The van der Waals surface area contributed by atoms with Crippen molar-refractivity contribution in [1.82, 2.24) is 15.1 Å². The Morgan fingerprint density at radius 3 is 2.61 bits per heavy atom. The minimum absolute atomic E-state index is 0.0331. The number of nitrogens with two attached hydrogens (primary N) is 1. The first kappa shape index (κ1) is 21.5. The summed E-state index contributed by atoms with van der Waals surface area (Å²) in [6, 6.07) is 14.7. The van der Waals surface area contributed by atoms with E-state index in [2.05, 4.69) is 12.2 Å². The summed E-state index contributed by atoms with van der Waals surface area (Å²) in [7, 11) is 0. The third-order valence-corrected chi connectivity index (χ3v) is 7.69. The van der Waals surface area contributed by atoms with E-state index in [1.54, 1.807) is 0 Å². The van der Waals surface area contributed by atoms with Crippen LogP contribution in [0, 0.1) is 5.92 Å². The number of hydrogen-bond acceptors (Lipinski definition) is 4. The van der Waals surface area contributed by atoms with E-state index in [0.29, 0.717) is 24.6 Å². The van der Waals surface area contributed by atoms with Crippen LogP contribution < -0.4 is 11.1 Å². The quantitative estimate of drug-likeness (QED) is 0.526. The van der Waals surface area contributed by atoms with Gasteiger partial charge in [0.2, 0.25) is 5.91 Å². The molecular formula is C26H30N4O3. The Bertz CT molecular complexity index is 1090. The number of nitrogen functional groups attached to an aromatic ring is 1. The van der Waals surface area contributed by atoms with Crippen LogP contribution in [-0.4, -0.2) is 40.2 Å². The predicted octanol–water partition coefficient (Wildman–Crippen LogP) is 3.18. The third kappa shape index (κ3) is 3.65. The Kier molecular flexibility index (Phi) is 5.35. The van der Waals surface area contributed by atoms with Crippen LogP contribution in [0.3, 0.4) is 0 Å². The van der Waals surface area contributed by atoms with Gasteiger partial charge in [-0.25, -0.2) is 4.79 Å². The molecule has 2 fully saturated rings. The average Bonchev–Trinajstić information content (AvgIpc) is 3.25. The van der Waals surface area contributed by atoms with Crippen molar-refractivity contribution in [3.63, 3.8) is 0 Å². The highest BCUT2D eigenvalue weighted by Crippen LogP contribution is 2.41. The number of hydrogen-bond donors (Lipinski definition) is 2. The van der Waals surface area contributed by atoms with Crippen molar-refractivity contribution < 1.29 is 14.4 Å². The summed E-state index contributed by atoms with van der Waals surface area (Å²) in [5.74, 6) is -0.0912. The molecule has 3 N–H and O–H groups in total. The van der Waals surface area contributed by atoms with E-state index in [0.717, 1.165) is 40.9 Å². The number of aryl methyl sites for hydroxylation is 1. The molecule has 172 valence electrons. The van der Waals surface area contributed by atoms with Crippen LogP contribution in [0.1, 0.15) is 49.3 Å². The molecule has 2 atom stereocenters. The lowest BCUT2D eigenvalue weighted by Gasteiger charge is -2.39. The minimum atomic E-state index is -1.05. The second-order valence-corrected chi connectivity index (χ2v) is 9.58. The van der Waals surface area contributed by atoms with Gasteiger partial charge in [-0.2, -0.15) is 0 Å². The van der Waals surface area contributed by atoms with E-state index in [-0.39, 0.29) is 24.4 Å². The van der Waals surface area contributed by atoms with Crippen molar-refractivity contribution in [2.45, 2.75) is 57.2 Å². The van der Waals surface area contributed by atoms with Gasteiger partial charge in [0.15, 0.2) is 0 Å². The highest BCUT2D eigenvalue weighted by Gasteiger charge is 2.55. The summed E-state index contributed by atoms with van der Waals surface area (Å²) in [5.41, 5.74) is 8.34. The molecule has 7 nitrogen and oxygen atoms in total. The van der Waals surface area contributed by atoms with Gasteiger partial charge in [-0.3, -0.25) is 14.5 Å². The van der Waals surface area contributed by atoms with Crippen LogP contribution >= 0.6 is 0 Å². The Balaban J connectivity index is 1.37. The summed E-state index contributed by atoms with van der Waals surface area (Å²) < 4.78 is 0. The molecule has 2 aliphatic carbocycles. The van der Waals surface area contributed by atoms with Crippen LogP contribution in [0.25, 0.3) is 0 Å². The molecule has 0 aromatic heterocycles. The first-order chi connectivity index (χ1) is 15.9. The molecule has 2 aromatic carbocycles. The maximum absolute atomic E-state index is 13.5. The maximum atomic E-state index is 13.5. The van der Waals surface area contributed by atoms with Gasteiger partial charge in [0, 0.05) is 18.3 Å². The number of nitrogens with zero attached hydrogens (tertiary/aromatic N) is 2. The third-order valence-electron chi connectivity index (χ3n) is 7.69. The smallest absolute Gasteiger partial charge is 0.325 e. The first-order valence-electron chi connectivity index (χ1n) is 11.8. The molecule has 0 radical (unpaired) electrons. The molecule has 0 unspecified atom stereocenters. The molecule has 4 amide bonds. The SMILES string of the molecule is C[C@@H](C1CCC1)N(Cc1ccc(N)cc1)C(=O)CN1C(=O)N[C@]2(CCc3ccccc32)C1=O. The highest BCUT2D eigenvalue weighted by atomic mass is 16.2. The minimum Gasteiger partial charge on any atom is -0.399 e. The van der Waals surface area contributed by atoms with Crippen molar-refractivity contribution >= 4 is 23.5 Å². The number of urea groups is 1. The Labute approximate surface area is 193 Å². The number of fused-ring (bicyclic) bond motifs is 2. The molecule has 0 bridgehead atoms. The molecule has 1 saturated heterocycles. The van der Waals surface area contributed by atoms with Crippen molar-refractivity contribution in [1.29, 1.82) is 0 Å². The summed E-state index contributed by atoms with van der Waals surface area (Å²) in [6.07, 6.45) is 4.61. The summed E-state index contributed by atoms with van der Waals surface area (Å²) >= 11 is 0. The molecule has 1 saturated carbocycles. The number of carbonyl (C=O) groups is 3. The van der Waals surface area contributed by atoms with E-state index in [9.17, 15) is 14.4 Å². The number of anilines is 1. The fourth-order valence-corrected chi connectivity index (χ4v) is 5.42. The van der Waals surface area contributed by atoms with Gasteiger partial charge in [-0.05, 0) is 67.3 Å². The Hall–Kier alpha value is -3.35. The van der Waals surface area contributed by atoms with Gasteiger partial charge in [0.05, 0.1) is 0 Å². The van der Waals surface area contributed by atoms with Gasteiger partial charge in [-0.1, -0.05) is 42.8 Å². The lowest BCUT2D eigenvalue weighted by atomic mass is 9.79. The van der Waals surface area contributed by atoms with Gasteiger partial charge in [0.25, 0.3) is 5.91 Å². The maximum Gasteiger partial charge on any atom is 0.325 e. The average molecular weight is 447 g/mol. The second-order valence-electron chi connectivity index (χ2n) is 9.58. The van der Waals surface area contributed by atoms with E-state index in [1.807, 2.05) is 53.4 Å². The highest BCUT2D eigenvalue weighted by molar-refractivity contribution is 6.09. The van der Waals surface area contributed by atoms with Gasteiger partial charge < -0.3 is 16.0 Å². The van der Waals surface area contributed by atoms with Crippen molar-refractivity contribution in [3.05, 3.63) is 65.2 Å². The first-order valence-corrected chi connectivity index (χ1v) is 11.8. The second kappa shape index (κ2) is 8.21. The number of amides is 4. The fourth-order valence-electron chi connectivity index (χ4n) is 5.42. The number of rotatable bonds is 6. The lowest BCUT2D eigenvalue weighted by molar-refractivity contribution is -0.142. The molecule has 1 spiro atoms. The topological polar surface area (TPSA) is 95.7 Å². The van der Waals surface area contributed by atoms with Crippen LogP contribution in [0.15, 0.2) is 48.5 Å². The van der Waals surface area contributed by atoms with Crippen LogP contribution in [-0.2, 0) is 28.1 Å². The monoisotopic (exact) mass is 446 g/mol. The van der Waals surface area contributed by atoms with E-state index < -0.39 is 11.6 Å². The van der Waals surface area contributed by atoms with Crippen molar-refractivity contribution in [2.24, 2.45) is 5.92 Å². The standard InChI is InChI=1S/C26H30N4O3/c1-17(19-6-4-7-19)29(15-18-9-11-21(27)12-10-18)23(31)16-30-24(32)26(28-25(30)33)14-13-20-5-2-3-8-22(20)26/h2-3,5,8-12,17,19H,4,6-7,13-16,27H2,1H3,(H,28,33)/t17-,26-/m0/s1. The van der Waals surface area contributed by atoms with Gasteiger partial charge in [-0.15, -0.1) is 0 Å². The molecular weight excluding hydrogens is 416 g/mol. The van der Waals surface area contributed by atoms with E-state index >= 15 is 0 Å². The molecule has 33 heavy (non-hydrogen) atoms. The van der Waals surface area contributed by atoms with Gasteiger partial charge in [0.1, 0.15) is 12.1 Å². The van der Waals surface area contributed by atoms with E-state index in [4.69, 9.17) is 5.73 Å². The van der Waals surface area contributed by atoms with Crippen molar-refractivity contribution in [2.75, 3.05) is 12.3 Å². The largest absolute Gasteiger partial charge is 0.399 e.